The molecule has 116 valence electrons. The van der Waals surface area contributed by atoms with Gasteiger partial charge in [-0.15, -0.1) is 10.2 Å². The molecular weight excluding hydrogens is 317 g/mol. The molecule has 2 aromatic carbocycles. The number of hydrogen-bond donors (Lipinski definition) is 0. The Balaban J connectivity index is 2.29. The number of nitrogens with zero attached hydrogens (tertiary/aromatic N) is 3. The first kappa shape index (κ1) is 15.2. The maximum atomic E-state index is 13.5. The van der Waals surface area contributed by atoms with E-state index in [1.807, 2.05) is 18.2 Å². The summed E-state index contributed by atoms with van der Waals surface area (Å²) in [6, 6.07) is 14.8. The zero-order valence-electron chi connectivity index (χ0n) is 12.1. The summed E-state index contributed by atoms with van der Waals surface area (Å²) in [7, 11) is -3.62. The first-order valence-corrected chi connectivity index (χ1v) is 8.60. The van der Waals surface area contributed by atoms with Crippen molar-refractivity contribution in [2.24, 2.45) is 0 Å². The Bertz CT molecular complexity index is 960. The maximum absolute atomic E-state index is 13.5. The summed E-state index contributed by atoms with van der Waals surface area (Å²) >= 11 is 0. The summed E-state index contributed by atoms with van der Waals surface area (Å²) < 4.78 is 36.9. The van der Waals surface area contributed by atoms with E-state index in [1.54, 1.807) is 18.2 Å². The quantitative estimate of drug-likeness (QED) is 0.739. The van der Waals surface area contributed by atoms with Crippen LogP contribution in [0.5, 0.6) is 0 Å². The van der Waals surface area contributed by atoms with E-state index in [-0.39, 0.29) is 5.69 Å². The molecule has 0 aliphatic rings. The number of rotatable bonds is 3. The van der Waals surface area contributed by atoms with E-state index in [1.165, 1.54) is 18.2 Å². The highest BCUT2D eigenvalue weighted by molar-refractivity contribution is 7.90. The molecule has 0 aliphatic heterocycles. The highest BCUT2D eigenvalue weighted by Crippen LogP contribution is 2.29. The van der Waals surface area contributed by atoms with Crippen molar-refractivity contribution in [3.05, 3.63) is 60.4 Å². The van der Waals surface area contributed by atoms with Crippen LogP contribution in [0.25, 0.3) is 22.5 Å². The third-order valence-electron chi connectivity index (χ3n) is 3.14. The van der Waals surface area contributed by atoms with Gasteiger partial charge in [-0.25, -0.2) is 17.8 Å². The first-order chi connectivity index (χ1) is 10.9. The fraction of sp³-hybridized carbons (Fsp3) is 0.0625. The van der Waals surface area contributed by atoms with Crippen molar-refractivity contribution in [3.8, 4) is 22.5 Å². The topological polar surface area (TPSA) is 72.8 Å². The highest BCUT2D eigenvalue weighted by Gasteiger charge is 2.18. The zero-order valence-corrected chi connectivity index (χ0v) is 13.0. The van der Waals surface area contributed by atoms with Crippen molar-refractivity contribution in [3.63, 3.8) is 0 Å². The molecule has 1 aromatic heterocycles. The SMILES string of the molecule is CS(=O)(=O)c1nnc(-c2ccccc2)c(-c2cccc(F)c2)n1. The molecule has 23 heavy (non-hydrogen) atoms. The Morgan fingerprint density at radius 2 is 1.57 bits per heavy atom. The van der Waals surface area contributed by atoms with Crippen LogP contribution in [0.4, 0.5) is 4.39 Å². The Labute approximate surface area is 132 Å². The van der Waals surface area contributed by atoms with Crippen LogP contribution in [0.3, 0.4) is 0 Å². The van der Waals surface area contributed by atoms with Crippen LogP contribution in [0.2, 0.25) is 0 Å². The third kappa shape index (κ3) is 3.24. The van der Waals surface area contributed by atoms with Gasteiger partial charge in [-0.05, 0) is 12.1 Å². The largest absolute Gasteiger partial charge is 0.267 e. The molecule has 3 rings (SSSR count). The maximum Gasteiger partial charge on any atom is 0.267 e. The summed E-state index contributed by atoms with van der Waals surface area (Å²) in [5.74, 6) is -0.443. The van der Waals surface area contributed by atoms with E-state index < -0.39 is 20.8 Å². The molecule has 5 nitrogen and oxygen atoms in total. The average molecular weight is 329 g/mol. The first-order valence-electron chi connectivity index (χ1n) is 6.71. The van der Waals surface area contributed by atoms with Gasteiger partial charge in [-0.2, -0.15) is 0 Å². The molecule has 0 unspecified atom stereocenters. The molecule has 0 atom stereocenters. The van der Waals surface area contributed by atoms with Gasteiger partial charge in [-0.3, -0.25) is 0 Å². The fourth-order valence-electron chi connectivity index (χ4n) is 2.10. The van der Waals surface area contributed by atoms with Crippen LogP contribution in [0.15, 0.2) is 59.8 Å². The molecule has 3 aromatic rings. The monoisotopic (exact) mass is 329 g/mol. The second-order valence-electron chi connectivity index (χ2n) is 4.94. The number of hydrogen-bond acceptors (Lipinski definition) is 5. The Hall–Kier alpha value is -2.67. The van der Waals surface area contributed by atoms with Gasteiger partial charge < -0.3 is 0 Å². The Morgan fingerprint density at radius 3 is 2.22 bits per heavy atom. The summed E-state index contributed by atoms with van der Waals surface area (Å²) in [6.07, 6.45) is 1.00. The molecule has 7 heteroatoms. The van der Waals surface area contributed by atoms with Crippen molar-refractivity contribution < 1.29 is 12.8 Å². The van der Waals surface area contributed by atoms with Gasteiger partial charge in [0, 0.05) is 17.4 Å². The van der Waals surface area contributed by atoms with Crippen molar-refractivity contribution in [1.29, 1.82) is 0 Å². The highest BCUT2D eigenvalue weighted by atomic mass is 32.2. The van der Waals surface area contributed by atoms with Crippen LogP contribution in [-0.4, -0.2) is 29.9 Å². The summed E-state index contributed by atoms with van der Waals surface area (Å²) in [6.45, 7) is 0. The minimum atomic E-state index is -3.62. The smallest absolute Gasteiger partial charge is 0.221 e. The average Bonchev–Trinajstić information content (AvgIpc) is 2.54. The molecule has 0 radical (unpaired) electrons. The second kappa shape index (κ2) is 5.85. The van der Waals surface area contributed by atoms with E-state index >= 15 is 0 Å². The minimum Gasteiger partial charge on any atom is -0.221 e. The molecule has 0 fully saturated rings. The number of aromatic nitrogens is 3. The molecule has 0 saturated carbocycles. The zero-order chi connectivity index (χ0) is 16.4. The van der Waals surface area contributed by atoms with Gasteiger partial charge in [0.25, 0.3) is 5.16 Å². The van der Waals surface area contributed by atoms with Gasteiger partial charge >= 0.3 is 0 Å². The summed E-state index contributed by atoms with van der Waals surface area (Å²) in [5.41, 5.74) is 1.81. The second-order valence-corrected chi connectivity index (χ2v) is 6.85. The molecule has 0 aliphatic carbocycles. The standard InChI is InChI=1S/C16H12FN3O2S/c1-23(21,22)16-18-14(12-8-5-9-13(17)10-12)15(19-20-16)11-6-3-2-4-7-11/h2-10H,1H3. The molecule has 0 bridgehead atoms. The van der Waals surface area contributed by atoms with Gasteiger partial charge in [0.15, 0.2) is 0 Å². The molecule has 1 heterocycles. The summed E-state index contributed by atoms with van der Waals surface area (Å²) in [4.78, 5) is 4.10. The third-order valence-corrected chi connectivity index (χ3v) is 3.98. The van der Waals surface area contributed by atoms with Gasteiger partial charge in [0.1, 0.15) is 17.2 Å². The van der Waals surface area contributed by atoms with E-state index in [9.17, 15) is 12.8 Å². The molecule has 0 saturated heterocycles. The van der Waals surface area contributed by atoms with Crippen molar-refractivity contribution in [2.45, 2.75) is 5.16 Å². The van der Waals surface area contributed by atoms with E-state index in [0.717, 1.165) is 6.26 Å². The van der Waals surface area contributed by atoms with Crippen molar-refractivity contribution >= 4 is 9.84 Å². The minimum absolute atomic E-state index is 0.270. The lowest BCUT2D eigenvalue weighted by Crippen LogP contribution is -2.08. The number of sulfone groups is 1. The van der Waals surface area contributed by atoms with Crippen LogP contribution in [0.1, 0.15) is 0 Å². The molecular formula is C16H12FN3O2S. The van der Waals surface area contributed by atoms with Crippen LogP contribution in [-0.2, 0) is 9.84 Å². The lowest BCUT2D eigenvalue weighted by atomic mass is 10.0. The fourth-order valence-corrected chi connectivity index (χ4v) is 2.54. The normalized spacial score (nSPS) is 11.4. The predicted molar refractivity (Wildman–Crippen MR) is 83.8 cm³/mol. The van der Waals surface area contributed by atoms with Gasteiger partial charge in [0.05, 0.1) is 0 Å². The predicted octanol–water partition coefficient (Wildman–Crippen LogP) is 2.75. The molecule has 0 spiro atoms. The van der Waals surface area contributed by atoms with Crippen molar-refractivity contribution in [1.82, 2.24) is 15.2 Å². The summed E-state index contributed by atoms with van der Waals surface area (Å²) in [5, 5.41) is 7.31. The van der Waals surface area contributed by atoms with Gasteiger partial charge in [-0.1, -0.05) is 42.5 Å². The molecule has 0 N–H and O–H groups in total. The van der Waals surface area contributed by atoms with E-state index in [4.69, 9.17) is 0 Å². The van der Waals surface area contributed by atoms with E-state index in [0.29, 0.717) is 16.8 Å². The Kier molecular flexibility index (Phi) is 3.87. The lowest BCUT2D eigenvalue weighted by Gasteiger charge is -2.09. The Morgan fingerprint density at radius 1 is 0.870 bits per heavy atom. The van der Waals surface area contributed by atoms with Crippen molar-refractivity contribution in [2.75, 3.05) is 6.26 Å². The van der Waals surface area contributed by atoms with Crippen LogP contribution >= 0.6 is 0 Å². The molecule has 0 amide bonds. The lowest BCUT2D eigenvalue weighted by molar-refractivity contribution is 0.589. The van der Waals surface area contributed by atoms with E-state index in [2.05, 4.69) is 15.2 Å². The number of benzene rings is 2. The number of halogens is 1. The van der Waals surface area contributed by atoms with Crippen LogP contribution in [0, 0.1) is 5.82 Å². The van der Waals surface area contributed by atoms with Gasteiger partial charge in [0.2, 0.25) is 9.84 Å². The van der Waals surface area contributed by atoms with Crippen LogP contribution < -0.4 is 0 Å².